The molecule has 4 nitrogen and oxygen atoms in total. The molecule has 1 aromatic carbocycles. The molecule has 5 heteroatoms. The quantitative estimate of drug-likeness (QED) is 0.846. The number of aromatic nitrogens is 1. The Kier molecular flexibility index (Phi) is 5.50. The Balaban J connectivity index is 2.01. The molecule has 2 rings (SSSR count). The van der Waals surface area contributed by atoms with E-state index in [2.05, 4.69) is 22.1 Å². The zero-order valence-corrected chi connectivity index (χ0v) is 12.5. The van der Waals surface area contributed by atoms with Crippen LogP contribution in [-0.4, -0.2) is 29.1 Å². The van der Waals surface area contributed by atoms with Crippen LogP contribution in [0.2, 0.25) is 0 Å². The molecule has 2 aromatic rings. The van der Waals surface area contributed by atoms with Crippen molar-refractivity contribution >= 4 is 17.2 Å². The van der Waals surface area contributed by atoms with E-state index in [0.717, 1.165) is 22.6 Å². The first-order valence-electron chi connectivity index (χ1n) is 6.58. The van der Waals surface area contributed by atoms with Crippen molar-refractivity contribution < 1.29 is 9.90 Å². The van der Waals surface area contributed by atoms with E-state index in [1.807, 2.05) is 18.4 Å². The second-order valence-electron chi connectivity index (χ2n) is 4.37. The maximum absolute atomic E-state index is 12.2. The fourth-order valence-electron chi connectivity index (χ4n) is 1.91. The molecule has 0 aliphatic rings. The van der Waals surface area contributed by atoms with E-state index in [1.54, 1.807) is 29.7 Å². The van der Waals surface area contributed by atoms with Crippen molar-refractivity contribution in [2.75, 3.05) is 13.2 Å². The minimum absolute atomic E-state index is 0.114. The van der Waals surface area contributed by atoms with Gasteiger partial charge in [0.05, 0.1) is 5.01 Å². The molecule has 1 aromatic heterocycles. The molecule has 108 valence electrons. The number of carbonyl (C=O) groups excluding carboxylic acids is 1. The van der Waals surface area contributed by atoms with Gasteiger partial charge in [-0.2, -0.15) is 0 Å². The van der Waals surface area contributed by atoms with Crippen LogP contribution in [0.4, 0.5) is 0 Å². The lowest BCUT2D eigenvalue weighted by molar-refractivity contribution is 0.0953. The molecule has 0 unspecified atom stereocenters. The molecule has 0 saturated carbocycles. The second kappa shape index (κ2) is 7.58. The highest BCUT2D eigenvalue weighted by Crippen LogP contribution is 2.13. The Morgan fingerprint density at radius 1 is 1.48 bits per heavy atom. The minimum Gasteiger partial charge on any atom is -0.384 e. The number of hydrogen-bond donors (Lipinski definition) is 2. The molecule has 1 amide bonds. The van der Waals surface area contributed by atoms with Gasteiger partial charge in [0, 0.05) is 35.7 Å². The van der Waals surface area contributed by atoms with Gasteiger partial charge in [-0.05, 0) is 24.6 Å². The van der Waals surface area contributed by atoms with Gasteiger partial charge in [0.25, 0.3) is 5.91 Å². The summed E-state index contributed by atoms with van der Waals surface area (Å²) in [5, 5.41) is 14.6. The smallest absolute Gasteiger partial charge is 0.251 e. The van der Waals surface area contributed by atoms with Crippen molar-refractivity contribution in [3.63, 3.8) is 0 Å². The summed E-state index contributed by atoms with van der Waals surface area (Å²) in [5.41, 5.74) is 2.20. The van der Waals surface area contributed by atoms with E-state index in [4.69, 9.17) is 5.11 Å². The Bertz CT molecular complexity index is 669. The van der Waals surface area contributed by atoms with Crippen molar-refractivity contribution in [3.05, 3.63) is 51.5 Å². The van der Waals surface area contributed by atoms with E-state index in [0.29, 0.717) is 12.1 Å². The average Bonchev–Trinajstić information content (AvgIpc) is 2.99. The lowest BCUT2D eigenvalue weighted by atomic mass is 10.0. The monoisotopic (exact) mass is 300 g/mol. The predicted molar refractivity (Wildman–Crippen MR) is 83.3 cm³/mol. The number of carbonyl (C=O) groups is 1. The number of amides is 1. The summed E-state index contributed by atoms with van der Waals surface area (Å²) in [6.07, 6.45) is 2.49. The Hall–Kier alpha value is -2.16. The first-order chi connectivity index (χ1) is 10.2. The standard InChI is InChI=1S/C16H16N2O2S/c1-12-13(5-3-10-19)4-2-6-14(12)16(20)18-8-7-15-17-9-11-21-15/h2,4,6,9,11,19H,7-8,10H2,1H3,(H,18,20). The summed E-state index contributed by atoms with van der Waals surface area (Å²) in [7, 11) is 0. The first kappa shape index (κ1) is 15.2. The van der Waals surface area contributed by atoms with Crippen molar-refractivity contribution in [2.45, 2.75) is 13.3 Å². The molecule has 0 aliphatic heterocycles. The van der Waals surface area contributed by atoms with Crippen LogP contribution in [-0.2, 0) is 6.42 Å². The van der Waals surface area contributed by atoms with Gasteiger partial charge < -0.3 is 10.4 Å². The lowest BCUT2D eigenvalue weighted by Gasteiger charge is -2.08. The van der Waals surface area contributed by atoms with Gasteiger partial charge in [0.2, 0.25) is 0 Å². The third-order valence-electron chi connectivity index (χ3n) is 2.99. The zero-order chi connectivity index (χ0) is 15.1. The largest absolute Gasteiger partial charge is 0.384 e. The molecule has 21 heavy (non-hydrogen) atoms. The lowest BCUT2D eigenvalue weighted by Crippen LogP contribution is -2.26. The van der Waals surface area contributed by atoms with Crippen molar-refractivity contribution in [1.82, 2.24) is 10.3 Å². The van der Waals surface area contributed by atoms with Gasteiger partial charge in [-0.15, -0.1) is 11.3 Å². The van der Waals surface area contributed by atoms with Gasteiger partial charge in [-0.1, -0.05) is 17.9 Å². The molecular formula is C16H16N2O2S. The topological polar surface area (TPSA) is 62.2 Å². The first-order valence-corrected chi connectivity index (χ1v) is 7.46. The number of benzene rings is 1. The molecule has 0 aliphatic carbocycles. The third kappa shape index (κ3) is 4.15. The maximum atomic E-state index is 12.2. The van der Waals surface area contributed by atoms with Gasteiger partial charge in [-0.3, -0.25) is 4.79 Å². The van der Waals surface area contributed by atoms with Crippen molar-refractivity contribution in [1.29, 1.82) is 0 Å². The van der Waals surface area contributed by atoms with Crippen molar-refractivity contribution in [2.24, 2.45) is 0 Å². The third-order valence-corrected chi connectivity index (χ3v) is 3.83. The number of aliphatic hydroxyl groups is 1. The highest BCUT2D eigenvalue weighted by Gasteiger charge is 2.10. The van der Waals surface area contributed by atoms with Gasteiger partial charge in [0.15, 0.2) is 0 Å². The van der Waals surface area contributed by atoms with Crippen LogP contribution in [0.3, 0.4) is 0 Å². The summed E-state index contributed by atoms with van der Waals surface area (Å²) in [4.78, 5) is 16.4. The normalized spacial score (nSPS) is 9.81. The van der Waals surface area contributed by atoms with Crippen LogP contribution in [0, 0.1) is 18.8 Å². The van der Waals surface area contributed by atoms with Crippen LogP contribution in [0.15, 0.2) is 29.8 Å². The van der Waals surface area contributed by atoms with Crippen LogP contribution < -0.4 is 5.32 Å². The van der Waals surface area contributed by atoms with Crippen molar-refractivity contribution in [3.8, 4) is 11.8 Å². The number of rotatable bonds is 4. The maximum Gasteiger partial charge on any atom is 0.251 e. The van der Waals surface area contributed by atoms with Crippen LogP contribution in [0.5, 0.6) is 0 Å². The Morgan fingerprint density at radius 3 is 3.05 bits per heavy atom. The fraction of sp³-hybridized carbons (Fsp3) is 0.250. The Morgan fingerprint density at radius 2 is 2.33 bits per heavy atom. The van der Waals surface area contributed by atoms with Gasteiger partial charge in [0.1, 0.15) is 6.61 Å². The summed E-state index contributed by atoms with van der Waals surface area (Å²) >= 11 is 1.58. The number of thiazole rings is 1. The zero-order valence-electron chi connectivity index (χ0n) is 11.7. The van der Waals surface area contributed by atoms with Gasteiger partial charge in [-0.25, -0.2) is 4.98 Å². The molecule has 0 atom stereocenters. The number of nitrogens with zero attached hydrogens (tertiary/aromatic N) is 1. The van der Waals surface area contributed by atoms with Crippen LogP contribution >= 0.6 is 11.3 Å². The highest BCUT2D eigenvalue weighted by atomic mass is 32.1. The van der Waals surface area contributed by atoms with E-state index in [9.17, 15) is 4.79 Å². The van der Waals surface area contributed by atoms with E-state index < -0.39 is 0 Å². The molecule has 0 fully saturated rings. The Labute approximate surface area is 127 Å². The number of aliphatic hydroxyl groups excluding tert-OH is 1. The summed E-state index contributed by atoms with van der Waals surface area (Å²) < 4.78 is 0. The average molecular weight is 300 g/mol. The predicted octanol–water partition coefficient (Wildman–Crippen LogP) is 1.77. The summed E-state index contributed by atoms with van der Waals surface area (Å²) in [6.45, 7) is 2.22. The highest BCUT2D eigenvalue weighted by molar-refractivity contribution is 7.09. The van der Waals surface area contributed by atoms with Gasteiger partial charge >= 0.3 is 0 Å². The van der Waals surface area contributed by atoms with E-state index >= 15 is 0 Å². The molecule has 2 N–H and O–H groups in total. The second-order valence-corrected chi connectivity index (χ2v) is 5.35. The molecule has 0 spiro atoms. The molecule has 0 bridgehead atoms. The number of hydrogen-bond acceptors (Lipinski definition) is 4. The molecule has 0 saturated heterocycles. The minimum atomic E-state index is -0.191. The van der Waals surface area contributed by atoms with E-state index in [-0.39, 0.29) is 12.5 Å². The van der Waals surface area contributed by atoms with Crippen LogP contribution in [0.25, 0.3) is 0 Å². The number of nitrogens with one attached hydrogen (secondary N) is 1. The van der Waals surface area contributed by atoms with E-state index in [1.165, 1.54) is 0 Å². The summed E-state index contributed by atoms with van der Waals surface area (Å²) in [6, 6.07) is 5.41. The molecular weight excluding hydrogens is 284 g/mol. The van der Waals surface area contributed by atoms with Crippen LogP contribution in [0.1, 0.15) is 26.5 Å². The fourth-order valence-corrected chi connectivity index (χ4v) is 2.53. The summed E-state index contributed by atoms with van der Waals surface area (Å²) in [5.74, 6) is 5.33. The molecule has 0 radical (unpaired) electrons. The SMILES string of the molecule is Cc1c(C#CCO)cccc1C(=O)NCCc1nccs1. The molecule has 1 heterocycles.